The number of nitrogens with two attached hydrogens (primary N) is 1. The summed E-state index contributed by atoms with van der Waals surface area (Å²) in [5.41, 5.74) is 3.83. The van der Waals surface area contributed by atoms with Gasteiger partial charge in [0.05, 0.1) is 11.9 Å². The van der Waals surface area contributed by atoms with E-state index in [1.54, 1.807) is 13.8 Å². The van der Waals surface area contributed by atoms with E-state index in [9.17, 15) is 14.1 Å². The van der Waals surface area contributed by atoms with Crippen molar-refractivity contribution in [2.24, 2.45) is 9.50 Å². The molecule has 4 rings (SSSR count). The van der Waals surface area contributed by atoms with E-state index in [0.29, 0.717) is 10.9 Å². The predicted octanol–water partition coefficient (Wildman–Crippen LogP) is 3.63. The van der Waals surface area contributed by atoms with Crippen molar-refractivity contribution in [2.45, 2.75) is 75.0 Å². The van der Waals surface area contributed by atoms with Crippen molar-refractivity contribution in [3.8, 4) is 0 Å². The van der Waals surface area contributed by atoms with Gasteiger partial charge in [-0.2, -0.15) is 0 Å². The molecular weight excluding hydrogens is 422 g/mol. The smallest absolute Gasteiger partial charge is 0.354 e. The Labute approximate surface area is 180 Å². The fourth-order valence-electron chi connectivity index (χ4n) is 3.82. The van der Waals surface area contributed by atoms with Crippen molar-refractivity contribution in [2.75, 3.05) is 5.32 Å². The lowest BCUT2D eigenvalue weighted by Crippen LogP contribution is -2.19. The third kappa shape index (κ3) is 4.14. The maximum atomic E-state index is 12.9. The van der Waals surface area contributed by atoms with Gasteiger partial charge < -0.3 is 10.4 Å². The largest absolute Gasteiger partial charge is 0.383 e. The maximum Gasteiger partial charge on any atom is 0.354 e. The van der Waals surface area contributed by atoms with Crippen LogP contribution in [0.25, 0.3) is 0 Å². The summed E-state index contributed by atoms with van der Waals surface area (Å²) in [6.07, 6.45) is 7.09. The lowest BCUT2D eigenvalue weighted by atomic mass is 10.00. The topological polar surface area (TPSA) is 131 Å². The number of aryl methyl sites for hydroxylation is 1. The average molecular weight is 450 g/mol. The first kappa shape index (κ1) is 21.4. The number of nitrogens with one attached hydrogen (secondary N) is 1. The molecule has 30 heavy (non-hydrogen) atoms. The van der Waals surface area contributed by atoms with Gasteiger partial charge in [0.15, 0.2) is 9.92 Å². The summed E-state index contributed by atoms with van der Waals surface area (Å²) in [7, 11) is -3.47. The Morgan fingerprint density at radius 2 is 2.17 bits per heavy atom. The number of nitrogens with zero attached hydrogens (tertiary/aromatic N) is 3. The molecule has 2 aromatic heterocycles. The summed E-state index contributed by atoms with van der Waals surface area (Å²) in [5, 5.41) is 19.2. The van der Waals surface area contributed by atoms with Crippen LogP contribution >= 0.6 is 11.3 Å². The van der Waals surface area contributed by atoms with Gasteiger partial charge >= 0.3 is 6.03 Å². The van der Waals surface area contributed by atoms with Crippen LogP contribution in [0.4, 0.5) is 10.5 Å². The number of pyridine rings is 1. The molecule has 4 N–H and O–H groups in total. The Bertz CT molecular complexity index is 1120. The highest BCUT2D eigenvalue weighted by molar-refractivity contribution is 7.93. The molecule has 1 saturated carbocycles. The number of hydrogen-bond donors (Lipinski definition) is 3. The van der Waals surface area contributed by atoms with Gasteiger partial charge in [0.1, 0.15) is 14.8 Å². The Morgan fingerprint density at radius 3 is 2.77 bits per heavy atom. The molecule has 10 heteroatoms. The Balaban J connectivity index is 1.67. The number of aliphatic hydroxyl groups is 1. The summed E-state index contributed by atoms with van der Waals surface area (Å²) < 4.78 is 16.9. The second-order valence-corrected chi connectivity index (χ2v) is 11.4. The lowest BCUT2D eigenvalue weighted by molar-refractivity contribution is 0.0783. The minimum atomic E-state index is -3.47. The van der Waals surface area contributed by atoms with Crippen LogP contribution < -0.4 is 10.5 Å². The van der Waals surface area contributed by atoms with Crippen LogP contribution in [-0.2, 0) is 34.8 Å². The number of carbonyl (C=O) groups excluding carboxylic acids is 1. The van der Waals surface area contributed by atoms with Crippen molar-refractivity contribution in [3.05, 3.63) is 33.7 Å². The van der Waals surface area contributed by atoms with Gasteiger partial charge in [-0.3, -0.25) is 4.98 Å². The Morgan fingerprint density at radius 1 is 1.43 bits per heavy atom. The molecule has 2 aliphatic carbocycles. The van der Waals surface area contributed by atoms with Gasteiger partial charge in [-0.05, 0) is 63.5 Å². The van der Waals surface area contributed by atoms with Crippen molar-refractivity contribution < 1.29 is 14.1 Å². The molecule has 2 aromatic rings. The van der Waals surface area contributed by atoms with Crippen molar-refractivity contribution in [1.29, 1.82) is 0 Å². The quantitative estimate of drug-likeness (QED) is 0.641. The summed E-state index contributed by atoms with van der Waals surface area (Å²) in [4.78, 5) is 21.7. The zero-order chi connectivity index (χ0) is 21.7. The van der Waals surface area contributed by atoms with Crippen LogP contribution in [0, 0.1) is 0 Å². The second kappa shape index (κ2) is 7.67. The molecule has 2 aliphatic rings. The Kier molecular flexibility index (Phi) is 5.46. The molecule has 0 saturated heterocycles. The van der Waals surface area contributed by atoms with Crippen molar-refractivity contribution in [1.82, 2.24) is 9.97 Å². The number of anilines is 1. The van der Waals surface area contributed by atoms with E-state index in [1.165, 1.54) is 6.20 Å². The number of rotatable bonds is 5. The number of urea groups is 1. The minimum absolute atomic E-state index is 0.157. The standard InChI is InChI=1S/C20H27N5O3S2/c1-4-12-16(11-8-9-11)23-14-7-5-6-13(14)17(12)24-19(26)25-30(21,28)15-10-22-18(29-15)20(2,3)27/h10-11,27H,4-9H2,1-3H3,(H3,21,23,24,25,26,28). The van der Waals surface area contributed by atoms with Crippen LogP contribution in [-0.4, -0.2) is 25.3 Å². The number of fused-ring (bicyclic) bond motifs is 1. The minimum Gasteiger partial charge on any atom is -0.383 e. The summed E-state index contributed by atoms with van der Waals surface area (Å²) in [5.74, 6) is 0.467. The molecule has 1 unspecified atom stereocenters. The molecular formula is C20H27N5O3S2. The first-order valence-electron chi connectivity index (χ1n) is 10.2. The van der Waals surface area contributed by atoms with E-state index in [4.69, 9.17) is 10.1 Å². The van der Waals surface area contributed by atoms with Crippen molar-refractivity contribution >= 4 is 33.0 Å². The lowest BCUT2D eigenvalue weighted by Gasteiger charge is -2.17. The van der Waals surface area contributed by atoms with Gasteiger partial charge in [0, 0.05) is 17.3 Å². The highest BCUT2D eigenvalue weighted by Gasteiger charge is 2.32. The monoisotopic (exact) mass is 449 g/mol. The number of carbonyl (C=O) groups is 1. The molecule has 0 aromatic carbocycles. The summed E-state index contributed by atoms with van der Waals surface area (Å²) in [6.45, 7) is 5.20. The fourth-order valence-corrected chi connectivity index (χ4v) is 5.89. The first-order valence-corrected chi connectivity index (χ1v) is 12.6. The van der Waals surface area contributed by atoms with Gasteiger partial charge in [0.2, 0.25) is 0 Å². The first-order chi connectivity index (χ1) is 14.1. The van der Waals surface area contributed by atoms with Gasteiger partial charge in [0.25, 0.3) is 0 Å². The summed E-state index contributed by atoms with van der Waals surface area (Å²) >= 11 is 0.992. The molecule has 162 valence electrons. The zero-order valence-corrected chi connectivity index (χ0v) is 19.0. The van der Waals surface area contributed by atoms with E-state index in [1.807, 2.05) is 0 Å². The normalized spacial score (nSPS) is 18.0. The molecule has 0 bridgehead atoms. The molecule has 2 heterocycles. The van der Waals surface area contributed by atoms with Gasteiger partial charge in [-0.15, -0.1) is 15.7 Å². The van der Waals surface area contributed by atoms with Gasteiger partial charge in [-0.1, -0.05) is 6.92 Å². The zero-order valence-electron chi connectivity index (χ0n) is 17.4. The average Bonchev–Trinajstić information content (AvgIpc) is 3.16. The molecule has 1 fully saturated rings. The summed E-state index contributed by atoms with van der Waals surface area (Å²) in [6, 6.07) is -0.738. The van der Waals surface area contributed by atoms with Crippen LogP contribution in [0.15, 0.2) is 14.8 Å². The van der Waals surface area contributed by atoms with Crippen LogP contribution in [0.2, 0.25) is 0 Å². The number of aromatic nitrogens is 2. The fraction of sp³-hybridized carbons (Fsp3) is 0.550. The van der Waals surface area contributed by atoms with Crippen LogP contribution in [0.3, 0.4) is 0 Å². The molecule has 0 spiro atoms. The Hall–Kier alpha value is -1.88. The molecule has 0 aliphatic heterocycles. The third-order valence-corrected chi connectivity index (χ3v) is 8.61. The number of hydrogen-bond acceptors (Lipinski definition) is 6. The third-order valence-electron chi connectivity index (χ3n) is 5.42. The van der Waals surface area contributed by atoms with E-state index in [2.05, 4.69) is 21.6 Å². The maximum absolute atomic E-state index is 12.9. The molecule has 1 atom stereocenters. The molecule has 0 radical (unpaired) electrons. The molecule has 8 nitrogen and oxygen atoms in total. The van der Waals surface area contributed by atoms with Crippen molar-refractivity contribution in [3.63, 3.8) is 0 Å². The SMILES string of the molecule is CCc1c(C2CC2)nc2c(c1NC(=O)N=S(N)(=O)c1cnc(C(C)(C)O)s1)CCC2. The molecule has 2 amide bonds. The van der Waals surface area contributed by atoms with E-state index in [-0.39, 0.29) is 4.21 Å². The predicted molar refractivity (Wildman–Crippen MR) is 117 cm³/mol. The second-order valence-electron chi connectivity index (χ2n) is 8.39. The van der Waals surface area contributed by atoms with E-state index >= 15 is 0 Å². The van der Waals surface area contributed by atoms with E-state index < -0.39 is 21.5 Å². The van der Waals surface area contributed by atoms with Crippen LogP contribution in [0.5, 0.6) is 0 Å². The highest BCUT2D eigenvalue weighted by atomic mass is 32.2. The number of thiazole rings is 1. The highest BCUT2D eigenvalue weighted by Crippen LogP contribution is 2.45. The van der Waals surface area contributed by atoms with E-state index in [0.717, 1.165) is 78.1 Å². The number of amides is 2. The van der Waals surface area contributed by atoms with Crippen LogP contribution in [0.1, 0.15) is 73.5 Å². The van der Waals surface area contributed by atoms with Gasteiger partial charge in [-0.25, -0.2) is 19.1 Å².